The van der Waals surface area contributed by atoms with Crippen LogP contribution in [0.5, 0.6) is 0 Å². The second-order valence-electron chi connectivity index (χ2n) is 5.28. The van der Waals surface area contributed by atoms with Gasteiger partial charge in [-0.05, 0) is 31.1 Å². The summed E-state index contributed by atoms with van der Waals surface area (Å²) in [4.78, 5) is 0. The molecule has 0 radical (unpaired) electrons. The molecule has 4 heteroatoms. The van der Waals surface area contributed by atoms with Crippen molar-refractivity contribution in [2.75, 3.05) is 13.1 Å². The Balaban J connectivity index is 4.16. The first-order valence-electron chi connectivity index (χ1n) is 7.77. The van der Waals surface area contributed by atoms with Gasteiger partial charge in [0.15, 0.2) is 0 Å². The molecular formula is C17H28N4. The fraction of sp³-hybridized carbons (Fsp3) is 0.647. The first-order chi connectivity index (χ1) is 10.1. The van der Waals surface area contributed by atoms with Crippen LogP contribution >= 0.6 is 0 Å². The van der Waals surface area contributed by atoms with Crippen molar-refractivity contribution >= 4 is 0 Å². The van der Waals surface area contributed by atoms with Gasteiger partial charge in [0.05, 0.1) is 12.1 Å². The van der Waals surface area contributed by atoms with Gasteiger partial charge in [0.2, 0.25) is 0 Å². The van der Waals surface area contributed by atoms with Crippen LogP contribution in [0.2, 0.25) is 0 Å². The minimum absolute atomic E-state index is 0.381. The Hall–Kier alpha value is -1.94. The molecule has 0 rings (SSSR count). The molecule has 0 fully saturated rings. The highest BCUT2D eigenvalue weighted by Crippen LogP contribution is 2.12. The fourth-order valence-corrected chi connectivity index (χ4v) is 1.87. The summed E-state index contributed by atoms with van der Waals surface area (Å²) < 4.78 is 0. The lowest BCUT2D eigenvalue weighted by Gasteiger charge is -2.18. The summed E-state index contributed by atoms with van der Waals surface area (Å²) in [6.07, 6.45) is 6.17. The van der Waals surface area contributed by atoms with E-state index in [-0.39, 0.29) is 0 Å². The number of allylic oxidation sites excluding steroid dienone is 4. The van der Waals surface area contributed by atoms with Crippen molar-refractivity contribution in [2.45, 2.75) is 47.0 Å². The highest BCUT2D eigenvalue weighted by molar-refractivity contribution is 5.15. The Kier molecular flexibility index (Phi) is 10.8. The number of hydrogen-bond acceptors (Lipinski definition) is 4. The Morgan fingerprint density at radius 1 is 0.905 bits per heavy atom. The summed E-state index contributed by atoms with van der Waals surface area (Å²) in [5.74, 6) is 0.763. The summed E-state index contributed by atoms with van der Waals surface area (Å²) >= 11 is 0. The minimum atomic E-state index is 0.381. The molecule has 2 atom stereocenters. The third-order valence-corrected chi connectivity index (χ3v) is 3.74. The van der Waals surface area contributed by atoms with Gasteiger partial charge in [-0.2, -0.15) is 10.5 Å². The van der Waals surface area contributed by atoms with Crippen LogP contribution in [-0.4, -0.2) is 13.1 Å². The van der Waals surface area contributed by atoms with Gasteiger partial charge in [-0.3, -0.25) is 0 Å². The van der Waals surface area contributed by atoms with E-state index in [0.29, 0.717) is 11.8 Å². The van der Waals surface area contributed by atoms with Crippen LogP contribution < -0.4 is 10.6 Å². The van der Waals surface area contributed by atoms with Crippen LogP contribution in [-0.2, 0) is 0 Å². The lowest BCUT2D eigenvalue weighted by Crippen LogP contribution is -2.25. The fourth-order valence-electron chi connectivity index (χ4n) is 1.87. The summed E-state index contributed by atoms with van der Waals surface area (Å²) in [6, 6.07) is 4.19. The first kappa shape index (κ1) is 19.1. The average molecular weight is 288 g/mol. The molecule has 0 aromatic carbocycles. The second-order valence-corrected chi connectivity index (χ2v) is 5.28. The van der Waals surface area contributed by atoms with Crippen LogP contribution in [0.1, 0.15) is 47.0 Å². The van der Waals surface area contributed by atoms with Crippen LogP contribution in [0.3, 0.4) is 0 Å². The van der Waals surface area contributed by atoms with Gasteiger partial charge in [0.25, 0.3) is 0 Å². The smallest absolute Gasteiger partial charge is 0.0930 e. The van der Waals surface area contributed by atoms with Crippen molar-refractivity contribution < 1.29 is 0 Å². The summed E-state index contributed by atoms with van der Waals surface area (Å²) in [7, 11) is 0. The van der Waals surface area contributed by atoms with Crippen LogP contribution in [0.4, 0.5) is 0 Å². The Bertz CT molecular complexity index is 383. The predicted octanol–water partition coefficient (Wildman–Crippen LogP) is 3.46. The first-order valence-corrected chi connectivity index (χ1v) is 7.77. The van der Waals surface area contributed by atoms with Gasteiger partial charge < -0.3 is 10.6 Å². The highest BCUT2D eigenvalue weighted by atomic mass is 14.9. The van der Waals surface area contributed by atoms with E-state index in [1.54, 1.807) is 12.2 Å². The lowest BCUT2D eigenvalue weighted by molar-refractivity contribution is 0.552. The third-order valence-electron chi connectivity index (χ3n) is 3.74. The quantitative estimate of drug-likeness (QED) is 0.477. The van der Waals surface area contributed by atoms with E-state index in [9.17, 15) is 0 Å². The molecule has 0 aliphatic rings. The third kappa shape index (κ3) is 8.05. The molecule has 0 saturated heterocycles. The lowest BCUT2D eigenvalue weighted by atomic mass is 10.0. The number of hydrogen-bond donors (Lipinski definition) is 2. The number of nitrogens with one attached hydrogen (secondary N) is 2. The maximum absolute atomic E-state index is 8.79. The van der Waals surface area contributed by atoms with Crippen molar-refractivity contribution in [1.29, 1.82) is 10.5 Å². The van der Waals surface area contributed by atoms with E-state index in [4.69, 9.17) is 10.5 Å². The number of nitriles is 2. The Morgan fingerprint density at radius 3 is 1.57 bits per heavy atom. The van der Waals surface area contributed by atoms with Gasteiger partial charge in [0, 0.05) is 36.6 Å². The molecule has 21 heavy (non-hydrogen) atoms. The molecule has 0 amide bonds. The average Bonchev–Trinajstić information content (AvgIpc) is 2.50. The molecule has 2 N–H and O–H groups in total. The van der Waals surface area contributed by atoms with Gasteiger partial charge in [-0.25, -0.2) is 0 Å². The highest BCUT2D eigenvalue weighted by Gasteiger charge is 2.07. The molecule has 0 bridgehead atoms. The van der Waals surface area contributed by atoms with Gasteiger partial charge in [-0.15, -0.1) is 0 Å². The molecule has 0 aromatic heterocycles. The molecular weight excluding hydrogens is 260 g/mol. The maximum Gasteiger partial charge on any atom is 0.0930 e. The van der Waals surface area contributed by atoms with E-state index in [2.05, 4.69) is 50.5 Å². The zero-order chi connectivity index (χ0) is 16.1. The summed E-state index contributed by atoms with van der Waals surface area (Å²) in [6.45, 7) is 10.1. The predicted molar refractivity (Wildman–Crippen MR) is 86.9 cm³/mol. The molecule has 4 nitrogen and oxygen atoms in total. The zero-order valence-electron chi connectivity index (χ0n) is 13.7. The van der Waals surface area contributed by atoms with E-state index in [1.807, 2.05) is 0 Å². The van der Waals surface area contributed by atoms with E-state index in [0.717, 1.165) is 43.7 Å². The van der Waals surface area contributed by atoms with E-state index in [1.165, 1.54) is 0 Å². The SMILES string of the molecule is CCC(C)/C(=C\C#N)NCCCN/C(=C/C#N)C(C)CC. The Labute approximate surface area is 129 Å². The summed E-state index contributed by atoms with van der Waals surface area (Å²) in [5.41, 5.74) is 2.02. The van der Waals surface area contributed by atoms with Crippen molar-refractivity contribution in [3.8, 4) is 12.1 Å². The van der Waals surface area contributed by atoms with E-state index < -0.39 is 0 Å². The zero-order valence-corrected chi connectivity index (χ0v) is 13.7. The van der Waals surface area contributed by atoms with Gasteiger partial charge in [0.1, 0.15) is 0 Å². The summed E-state index contributed by atoms with van der Waals surface area (Å²) in [5, 5.41) is 24.2. The molecule has 2 unspecified atom stereocenters. The van der Waals surface area contributed by atoms with Crippen molar-refractivity contribution in [2.24, 2.45) is 11.8 Å². The molecule has 0 aliphatic heterocycles. The van der Waals surface area contributed by atoms with E-state index >= 15 is 0 Å². The largest absolute Gasteiger partial charge is 0.387 e. The maximum atomic E-state index is 8.79. The molecule has 0 spiro atoms. The molecule has 0 aromatic rings. The van der Waals surface area contributed by atoms with Crippen molar-refractivity contribution in [3.05, 3.63) is 23.5 Å². The second kappa shape index (κ2) is 11.9. The monoisotopic (exact) mass is 288 g/mol. The standard InChI is InChI=1S/C17H28N4/c1-5-14(3)16(8-10-18)20-12-7-13-21-17(9-11-19)15(4)6-2/h8-9,14-15,20-21H,5-7,12-13H2,1-4H3/b16-8+,17-9+. The normalized spacial score (nSPS) is 14.8. The molecule has 0 saturated carbocycles. The van der Waals surface area contributed by atoms with Gasteiger partial charge in [-0.1, -0.05) is 27.7 Å². The number of nitrogens with zero attached hydrogens (tertiary/aromatic N) is 2. The molecule has 0 aliphatic carbocycles. The van der Waals surface area contributed by atoms with Crippen LogP contribution in [0.25, 0.3) is 0 Å². The molecule has 0 heterocycles. The van der Waals surface area contributed by atoms with Crippen LogP contribution in [0, 0.1) is 34.5 Å². The van der Waals surface area contributed by atoms with Gasteiger partial charge >= 0.3 is 0 Å². The van der Waals surface area contributed by atoms with Crippen LogP contribution in [0.15, 0.2) is 23.5 Å². The van der Waals surface area contributed by atoms with Crippen molar-refractivity contribution in [3.63, 3.8) is 0 Å². The van der Waals surface area contributed by atoms with Crippen molar-refractivity contribution in [1.82, 2.24) is 10.6 Å². The molecule has 116 valence electrons. The Morgan fingerprint density at radius 2 is 1.29 bits per heavy atom. The minimum Gasteiger partial charge on any atom is -0.387 e. The topological polar surface area (TPSA) is 71.6 Å². The number of rotatable bonds is 10.